The fourth-order valence-corrected chi connectivity index (χ4v) is 1.80. The largest absolute Gasteiger partial charge is 0.573 e. The molecule has 0 unspecified atom stereocenters. The first kappa shape index (κ1) is 14.4. The van der Waals surface area contributed by atoms with Crippen molar-refractivity contribution in [3.8, 4) is 5.75 Å². The second-order valence-corrected chi connectivity index (χ2v) is 4.42. The van der Waals surface area contributed by atoms with E-state index in [9.17, 15) is 13.2 Å². The van der Waals surface area contributed by atoms with Crippen molar-refractivity contribution in [1.82, 2.24) is 9.97 Å². The molecule has 0 radical (unpaired) electrons. The summed E-state index contributed by atoms with van der Waals surface area (Å²) in [5, 5.41) is 2.62. The fraction of sp³-hybridized carbons (Fsp3) is 0.0909. The van der Waals surface area contributed by atoms with Gasteiger partial charge in [0.25, 0.3) is 0 Å². The molecule has 1 heterocycles. The summed E-state index contributed by atoms with van der Waals surface area (Å²) in [4.78, 5) is 7.80. The van der Waals surface area contributed by atoms with Crippen LogP contribution in [0.25, 0.3) is 0 Å². The molecule has 1 aromatic heterocycles. The van der Waals surface area contributed by atoms with Crippen LogP contribution in [0.15, 0.2) is 34.9 Å². The summed E-state index contributed by atoms with van der Waals surface area (Å²) >= 11 is 3.11. The zero-order valence-corrected chi connectivity index (χ0v) is 11.4. The Morgan fingerprint density at radius 3 is 2.55 bits per heavy atom. The smallest absolute Gasteiger partial charge is 0.404 e. The van der Waals surface area contributed by atoms with Gasteiger partial charge in [0.2, 0.25) is 5.95 Å². The molecule has 1 aromatic carbocycles. The first-order valence-corrected chi connectivity index (χ1v) is 6.04. The lowest BCUT2D eigenvalue weighted by Gasteiger charge is -2.13. The Hall–Kier alpha value is -2.03. The molecule has 20 heavy (non-hydrogen) atoms. The lowest BCUT2D eigenvalue weighted by Crippen LogP contribution is -2.18. The van der Waals surface area contributed by atoms with Gasteiger partial charge in [-0.1, -0.05) is 12.1 Å². The van der Waals surface area contributed by atoms with E-state index in [0.29, 0.717) is 4.60 Å². The molecule has 3 N–H and O–H groups in total. The number of rotatable bonds is 3. The van der Waals surface area contributed by atoms with Crippen molar-refractivity contribution < 1.29 is 17.9 Å². The summed E-state index contributed by atoms with van der Waals surface area (Å²) in [5.74, 6) is -0.166. The van der Waals surface area contributed by atoms with Gasteiger partial charge in [0.15, 0.2) is 5.75 Å². The van der Waals surface area contributed by atoms with Gasteiger partial charge in [0.1, 0.15) is 10.4 Å². The van der Waals surface area contributed by atoms with Crippen LogP contribution >= 0.6 is 15.9 Å². The normalized spacial score (nSPS) is 11.2. The van der Waals surface area contributed by atoms with Gasteiger partial charge in [0.05, 0.1) is 5.69 Å². The number of alkyl halides is 3. The van der Waals surface area contributed by atoms with Crippen LogP contribution in [0.5, 0.6) is 5.75 Å². The number of nitrogen functional groups attached to an aromatic ring is 1. The number of para-hydroxylation sites is 2. The Balaban J connectivity index is 2.29. The minimum Gasteiger partial charge on any atom is -0.404 e. The molecule has 0 bridgehead atoms. The van der Waals surface area contributed by atoms with Crippen LogP contribution in [0, 0.1) is 0 Å². The number of hydrogen-bond acceptors (Lipinski definition) is 5. The highest BCUT2D eigenvalue weighted by Crippen LogP contribution is 2.31. The quantitative estimate of drug-likeness (QED) is 0.831. The second kappa shape index (κ2) is 5.53. The molecule has 0 aliphatic rings. The van der Waals surface area contributed by atoms with E-state index < -0.39 is 6.36 Å². The summed E-state index contributed by atoms with van der Waals surface area (Å²) in [6.07, 6.45) is -4.78. The molecule has 0 saturated heterocycles. The van der Waals surface area contributed by atoms with Crippen molar-refractivity contribution in [3.63, 3.8) is 0 Å². The maximum Gasteiger partial charge on any atom is 0.573 e. The Morgan fingerprint density at radius 2 is 1.90 bits per heavy atom. The van der Waals surface area contributed by atoms with Crippen LogP contribution in [0.3, 0.4) is 0 Å². The molecule has 2 aromatic rings. The summed E-state index contributed by atoms with van der Waals surface area (Å²) in [7, 11) is 0. The van der Waals surface area contributed by atoms with Crippen LogP contribution in [-0.2, 0) is 0 Å². The van der Waals surface area contributed by atoms with E-state index in [1.165, 1.54) is 24.3 Å². The van der Waals surface area contributed by atoms with Crippen molar-refractivity contribution in [2.24, 2.45) is 0 Å². The summed E-state index contributed by atoms with van der Waals surface area (Å²) in [6, 6.07) is 7.01. The third-order valence-corrected chi connectivity index (χ3v) is 2.48. The van der Waals surface area contributed by atoms with Crippen molar-refractivity contribution in [2.45, 2.75) is 6.36 Å². The summed E-state index contributed by atoms with van der Waals surface area (Å²) < 4.78 is 41.1. The van der Waals surface area contributed by atoms with Gasteiger partial charge in [-0.25, -0.2) is 4.98 Å². The van der Waals surface area contributed by atoms with Crippen molar-refractivity contribution in [1.29, 1.82) is 0 Å². The lowest BCUT2D eigenvalue weighted by molar-refractivity contribution is -0.274. The predicted molar refractivity (Wildman–Crippen MR) is 70.6 cm³/mol. The zero-order chi connectivity index (χ0) is 14.8. The van der Waals surface area contributed by atoms with Gasteiger partial charge in [-0.05, 0) is 28.1 Å². The summed E-state index contributed by atoms with van der Waals surface area (Å²) in [6.45, 7) is 0. The number of ether oxygens (including phenoxy) is 1. The second-order valence-electron chi connectivity index (χ2n) is 3.61. The van der Waals surface area contributed by atoms with Crippen molar-refractivity contribution in [3.05, 3.63) is 34.9 Å². The molecule has 106 valence electrons. The van der Waals surface area contributed by atoms with Crippen LogP contribution < -0.4 is 15.8 Å². The van der Waals surface area contributed by atoms with Gasteiger partial charge in [-0.15, -0.1) is 13.2 Å². The van der Waals surface area contributed by atoms with Crippen molar-refractivity contribution in [2.75, 3.05) is 11.1 Å². The number of anilines is 3. The third kappa shape index (κ3) is 3.98. The van der Waals surface area contributed by atoms with Crippen molar-refractivity contribution >= 4 is 33.4 Å². The number of nitrogens with zero attached hydrogens (tertiary/aromatic N) is 2. The van der Waals surface area contributed by atoms with Gasteiger partial charge >= 0.3 is 6.36 Å². The molecule has 2 rings (SSSR count). The van der Waals surface area contributed by atoms with Crippen LogP contribution in [0.2, 0.25) is 0 Å². The first-order valence-electron chi connectivity index (χ1n) is 5.25. The number of aromatic nitrogens is 2. The standard InChI is InChI=1S/C11H8BrF3N4O/c12-8-5-9(16)19-10(18-8)17-6-3-1-2-4-7(6)20-11(13,14)15/h1-5H,(H3,16,17,18,19). The number of nitrogens with two attached hydrogens (primary N) is 1. The van der Waals surface area contributed by atoms with E-state index in [-0.39, 0.29) is 23.2 Å². The predicted octanol–water partition coefficient (Wildman–Crippen LogP) is 3.46. The Bertz CT molecular complexity index is 601. The van der Waals surface area contributed by atoms with E-state index in [0.717, 1.165) is 0 Å². The first-order chi connectivity index (χ1) is 9.33. The topological polar surface area (TPSA) is 73.1 Å². The molecule has 0 saturated carbocycles. The van der Waals surface area contributed by atoms with Gasteiger partial charge < -0.3 is 15.8 Å². The number of benzene rings is 1. The third-order valence-electron chi connectivity index (χ3n) is 2.07. The van der Waals surface area contributed by atoms with Crippen LogP contribution in [0.1, 0.15) is 0 Å². The van der Waals surface area contributed by atoms with E-state index in [1.807, 2.05) is 0 Å². The maximum atomic E-state index is 12.3. The molecule has 0 aliphatic heterocycles. The molecule has 0 aliphatic carbocycles. The van der Waals surface area contributed by atoms with E-state index in [1.54, 1.807) is 6.07 Å². The molecule has 5 nitrogen and oxygen atoms in total. The minimum atomic E-state index is -4.78. The average molecular weight is 349 g/mol. The molecule has 0 atom stereocenters. The molecular weight excluding hydrogens is 341 g/mol. The highest BCUT2D eigenvalue weighted by Gasteiger charge is 2.32. The fourth-order valence-electron chi connectivity index (χ4n) is 1.39. The Kier molecular flexibility index (Phi) is 3.98. The molecule has 0 fully saturated rings. The van der Waals surface area contributed by atoms with E-state index in [4.69, 9.17) is 5.73 Å². The minimum absolute atomic E-state index is 0.0510. The van der Waals surface area contributed by atoms with Gasteiger partial charge in [0, 0.05) is 6.07 Å². The monoisotopic (exact) mass is 348 g/mol. The molecule has 0 spiro atoms. The molecule has 9 heteroatoms. The zero-order valence-electron chi connectivity index (χ0n) is 9.78. The molecule has 0 amide bonds. The van der Waals surface area contributed by atoms with Crippen LogP contribution in [-0.4, -0.2) is 16.3 Å². The van der Waals surface area contributed by atoms with Crippen LogP contribution in [0.4, 0.5) is 30.6 Å². The highest BCUT2D eigenvalue weighted by atomic mass is 79.9. The Labute approximate surface area is 120 Å². The van der Waals surface area contributed by atoms with Gasteiger partial charge in [-0.3, -0.25) is 0 Å². The molecular formula is C11H8BrF3N4O. The SMILES string of the molecule is Nc1cc(Br)nc(Nc2ccccc2OC(F)(F)F)n1. The summed E-state index contributed by atoms with van der Waals surface area (Å²) in [5.41, 5.74) is 5.59. The lowest BCUT2D eigenvalue weighted by atomic mass is 10.3. The number of halogens is 4. The Morgan fingerprint density at radius 1 is 1.20 bits per heavy atom. The highest BCUT2D eigenvalue weighted by molar-refractivity contribution is 9.10. The van der Waals surface area contributed by atoms with E-state index in [2.05, 4.69) is 36.0 Å². The number of hydrogen-bond donors (Lipinski definition) is 2. The number of nitrogens with one attached hydrogen (secondary N) is 1. The van der Waals surface area contributed by atoms with E-state index >= 15 is 0 Å². The van der Waals surface area contributed by atoms with Gasteiger partial charge in [-0.2, -0.15) is 4.98 Å². The average Bonchev–Trinajstić information content (AvgIpc) is 2.28. The maximum absolute atomic E-state index is 12.3.